The van der Waals surface area contributed by atoms with Crippen LogP contribution in [0.15, 0.2) is 12.1 Å². The van der Waals surface area contributed by atoms with Crippen molar-refractivity contribution in [2.75, 3.05) is 14.2 Å². The van der Waals surface area contributed by atoms with Crippen molar-refractivity contribution >= 4 is 0 Å². The summed E-state index contributed by atoms with van der Waals surface area (Å²) in [6.45, 7) is 0. The fourth-order valence-corrected chi connectivity index (χ4v) is 2.77. The Kier molecular flexibility index (Phi) is 4.93. The SMILES string of the molecule is CNC(CC1CCCCC1)c1ccc(OC)nn1. The van der Waals surface area contributed by atoms with Crippen molar-refractivity contribution in [3.8, 4) is 5.88 Å². The first-order chi connectivity index (χ1) is 8.83. The summed E-state index contributed by atoms with van der Waals surface area (Å²) in [5.74, 6) is 1.41. The van der Waals surface area contributed by atoms with Gasteiger partial charge in [0.05, 0.1) is 18.8 Å². The lowest BCUT2D eigenvalue weighted by Crippen LogP contribution is -2.22. The predicted octanol–water partition coefficient (Wildman–Crippen LogP) is 2.72. The molecule has 0 saturated heterocycles. The van der Waals surface area contributed by atoms with Gasteiger partial charge in [0, 0.05) is 6.07 Å². The first-order valence-electron chi connectivity index (χ1n) is 6.88. The fourth-order valence-electron chi connectivity index (χ4n) is 2.77. The zero-order valence-corrected chi connectivity index (χ0v) is 11.4. The van der Waals surface area contributed by atoms with Gasteiger partial charge in [-0.15, -0.1) is 5.10 Å². The van der Waals surface area contributed by atoms with Crippen LogP contribution in [0.4, 0.5) is 0 Å². The third kappa shape index (κ3) is 3.42. The average molecular weight is 249 g/mol. The monoisotopic (exact) mass is 249 g/mol. The van der Waals surface area contributed by atoms with E-state index in [2.05, 4.69) is 15.5 Å². The topological polar surface area (TPSA) is 47.0 Å². The quantitative estimate of drug-likeness (QED) is 0.871. The second-order valence-electron chi connectivity index (χ2n) is 5.08. The van der Waals surface area contributed by atoms with Crippen molar-refractivity contribution in [2.24, 2.45) is 5.92 Å². The summed E-state index contributed by atoms with van der Waals surface area (Å²) in [6.07, 6.45) is 8.06. The maximum absolute atomic E-state index is 5.04. The highest BCUT2D eigenvalue weighted by atomic mass is 16.5. The number of nitrogens with zero attached hydrogens (tertiary/aromatic N) is 2. The first kappa shape index (κ1) is 13.3. The third-order valence-electron chi connectivity index (χ3n) is 3.87. The van der Waals surface area contributed by atoms with Crippen molar-refractivity contribution in [1.82, 2.24) is 15.5 Å². The summed E-state index contributed by atoms with van der Waals surface area (Å²) in [4.78, 5) is 0. The molecule has 0 spiro atoms. The van der Waals surface area contributed by atoms with Crippen LogP contribution in [0.5, 0.6) is 5.88 Å². The van der Waals surface area contributed by atoms with E-state index in [1.54, 1.807) is 7.11 Å². The molecule has 0 aliphatic heterocycles. The van der Waals surface area contributed by atoms with Crippen LogP contribution >= 0.6 is 0 Å². The highest BCUT2D eigenvalue weighted by Gasteiger charge is 2.20. The first-order valence-corrected chi connectivity index (χ1v) is 6.88. The van der Waals surface area contributed by atoms with Crippen LogP contribution in [-0.4, -0.2) is 24.4 Å². The van der Waals surface area contributed by atoms with Crippen LogP contribution in [0.25, 0.3) is 0 Å². The van der Waals surface area contributed by atoms with Crippen LogP contribution in [0.3, 0.4) is 0 Å². The molecule has 1 aliphatic carbocycles. The molecule has 4 heteroatoms. The Hall–Kier alpha value is -1.16. The minimum atomic E-state index is 0.312. The summed E-state index contributed by atoms with van der Waals surface area (Å²) in [7, 11) is 3.61. The van der Waals surface area contributed by atoms with Crippen molar-refractivity contribution in [3.63, 3.8) is 0 Å². The van der Waals surface area contributed by atoms with Crippen molar-refractivity contribution in [3.05, 3.63) is 17.8 Å². The Balaban J connectivity index is 1.97. The van der Waals surface area contributed by atoms with Gasteiger partial charge in [0.2, 0.25) is 5.88 Å². The minimum Gasteiger partial charge on any atom is -0.480 e. The van der Waals surface area contributed by atoms with E-state index >= 15 is 0 Å². The number of rotatable bonds is 5. The number of hydrogen-bond acceptors (Lipinski definition) is 4. The van der Waals surface area contributed by atoms with E-state index in [4.69, 9.17) is 4.74 Å². The van der Waals surface area contributed by atoms with Gasteiger partial charge in [-0.2, -0.15) is 5.10 Å². The second-order valence-corrected chi connectivity index (χ2v) is 5.08. The molecule has 0 amide bonds. The molecule has 1 atom stereocenters. The molecule has 1 fully saturated rings. The van der Waals surface area contributed by atoms with Crippen molar-refractivity contribution < 1.29 is 4.74 Å². The number of hydrogen-bond donors (Lipinski definition) is 1. The van der Waals surface area contributed by atoms with Crippen molar-refractivity contribution in [2.45, 2.75) is 44.6 Å². The maximum atomic E-state index is 5.04. The lowest BCUT2D eigenvalue weighted by molar-refractivity contribution is 0.302. The molecule has 1 aromatic rings. The van der Waals surface area contributed by atoms with E-state index in [0.717, 1.165) is 18.0 Å². The molecule has 100 valence electrons. The van der Waals surface area contributed by atoms with E-state index in [-0.39, 0.29) is 0 Å². The van der Waals surface area contributed by atoms with Crippen LogP contribution < -0.4 is 10.1 Å². The van der Waals surface area contributed by atoms with Crippen LogP contribution in [-0.2, 0) is 0 Å². The lowest BCUT2D eigenvalue weighted by Gasteiger charge is -2.25. The van der Waals surface area contributed by atoms with E-state index in [1.165, 1.54) is 32.1 Å². The number of ether oxygens (including phenoxy) is 1. The van der Waals surface area contributed by atoms with Gasteiger partial charge < -0.3 is 10.1 Å². The molecule has 0 radical (unpaired) electrons. The minimum absolute atomic E-state index is 0.312. The summed E-state index contributed by atoms with van der Waals surface area (Å²) in [5.41, 5.74) is 1.02. The van der Waals surface area contributed by atoms with Gasteiger partial charge in [-0.3, -0.25) is 0 Å². The van der Waals surface area contributed by atoms with Crippen LogP contribution in [0, 0.1) is 5.92 Å². The van der Waals surface area contributed by atoms with E-state index < -0.39 is 0 Å². The highest BCUT2D eigenvalue weighted by molar-refractivity contribution is 5.14. The second kappa shape index (κ2) is 6.69. The zero-order valence-electron chi connectivity index (χ0n) is 11.4. The van der Waals surface area contributed by atoms with E-state index in [1.807, 2.05) is 19.2 Å². The van der Waals surface area contributed by atoms with E-state index in [0.29, 0.717) is 11.9 Å². The zero-order chi connectivity index (χ0) is 12.8. The van der Waals surface area contributed by atoms with Gasteiger partial charge in [0.25, 0.3) is 0 Å². The van der Waals surface area contributed by atoms with Gasteiger partial charge in [0.15, 0.2) is 0 Å². The van der Waals surface area contributed by atoms with Crippen molar-refractivity contribution in [1.29, 1.82) is 0 Å². The van der Waals surface area contributed by atoms with Gasteiger partial charge in [-0.1, -0.05) is 32.1 Å². The summed E-state index contributed by atoms with van der Waals surface area (Å²) >= 11 is 0. The molecule has 4 nitrogen and oxygen atoms in total. The molecular weight excluding hydrogens is 226 g/mol. The molecule has 1 aromatic heterocycles. The maximum Gasteiger partial charge on any atom is 0.233 e. The molecule has 2 rings (SSSR count). The summed E-state index contributed by atoms with van der Waals surface area (Å²) < 4.78 is 5.04. The van der Waals surface area contributed by atoms with Crippen LogP contribution in [0.1, 0.15) is 50.3 Å². The molecule has 18 heavy (non-hydrogen) atoms. The van der Waals surface area contributed by atoms with Gasteiger partial charge >= 0.3 is 0 Å². The molecule has 0 bridgehead atoms. The Morgan fingerprint density at radius 1 is 1.28 bits per heavy atom. The molecule has 0 aromatic carbocycles. The summed E-state index contributed by atoms with van der Waals surface area (Å²) in [5, 5.41) is 11.7. The third-order valence-corrected chi connectivity index (χ3v) is 3.87. The molecule has 1 saturated carbocycles. The molecule has 1 heterocycles. The average Bonchev–Trinajstić information content (AvgIpc) is 2.46. The largest absolute Gasteiger partial charge is 0.480 e. The molecular formula is C14H23N3O. The standard InChI is InChI=1S/C14H23N3O/c1-15-13(10-11-6-4-3-5-7-11)12-8-9-14(18-2)17-16-12/h8-9,11,13,15H,3-7,10H2,1-2H3. The number of nitrogens with one attached hydrogen (secondary N) is 1. The van der Waals surface area contributed by atoms with Gasteiger partial charge in [-0.05, 0) is 25.5 Å². The molecule has 1 aliphatic rings. The smallest absolute Gasteiger partial charge is 0.233 e. The Morgan fingerprint density at radius 2 is 2.06 bits per heavy atom. The summed E-state index contributed by atoms with van der Waals surface area (Å²) in [6, 6.07) is 4.20. The fraction of sp³-hybridized carbons (Fsp3) is 0.714. The lowest BCUT2D eigenvalue weighted by atomic mass is 9.84. The normalized spacial score (nSPS) is 18.6. The van der Waals surface area contributed by atoms with E-state index in [9.17, 15) is 0 Å². The molecule has 1 N–H and O–H groups in total. The van der Waals surface area contributed by atoms with Gasteiger partial charge in [0.1, 0.15) is 0 Å². The Labute approximate surface area is 109 Å². The number of methoxy groups -OCH3 is 1. The Morgan fingerprint density at radius 3 is 2.61 bits per heavy atom. The predicted molar refractivity (Wildman–Crippen MR) is 71.6 cm³/mol. The molecule has 1 unspecified atom stereocenters. The number of aromatic nitrogens is 2. The highest BCUT2D eigenvalue weighted by Crippen LogP contribution is 2.31. The Bertz CT molecular complexity index is 347. The van der Waals surface area contributed by atoms with Gasteiger partial charge in [-0.25, -0.2) is 0 Å². The van der Waals surface area contributed by atoms with Crippen LogP contribution in [0.2, 0.25) is 0 Å².